The van der Waals surface area contributed by atoms with Gasteiger partial charge in [-0.1, -0.05) is 12.1 Å². The van der Waals surface area contributed by atoms with Gasteiger partial charge in [0.05, 0.1) is 18.6 Å². The molecule has 1 aromatic carbocycles. The maximum atomic E-state index is 11.5. The maximum Gasteiger partial charge on any atom is 0.260 e. The molecule has 2 rings (SSSR count). The second kappa shape index (κ2) is 2.44. The summed E-state index contributed by atoms with van der Waals surface area (Å²) >= 11 is 0. The van der Waals surface area contributed by atoms with E-state index in [-0.39, 0.29) is 5.56 Å². The van der Waals surface area contributed by atoms with E-state index in [1.54, 1.807) is 19.2 Å². The van der Waals surface area contributed by atoms with E-state index in [4.69, 9.17) is 1.37 Å². The first-order valence-electron chi connectivity index (χ1n) is 4.10. The molecule has 0 amide bonds. The Morgan fingerprint density at radius 2 is 2.42 bits per heavy atom. The number of hydrogen-bond donors (Lipinski definition) is 0. The number of hydrogen-bond acceptors (Lipinski definition) is 2. The lowest BCUT2D eigenvalue weighted by atomic mass is 10.2. The van der Waals surface area contributed by atoms with Crippen molar-refractivity contribution in [3.63, 3.8) is 0 Å². The number of fused-ring (bicyclic) bond motifs is 1. The highest BCUT2D eigenvalue weighted by Crippen LogP contribution is 2.03. The molecule has 2 aromatic rings. The van der Waals surface area contributed by atoms with Crippen LogP contribution < -0.4 is 5.56 Å². The predicted molar refractivity (Wildman–Crippen MR) is 47.0 cm³/mol. The molecule has 12 heavy (non-hydrogen) atoms. The molecule has 0 saturated heterocycles. The lowest BCUT2D eigenvalue weighted by molar-refractivity contribution is 0.843. The van der Waals surface area contributed by atoms with Crippen LogP contribution in [0.25, 0.3) is 10.9 Å². The molecule has 1 heterocycles. The Hall–Kier alpha value is -1.64. The van der Waals surface area contributed by atoms with Crippen LogP contribution in [0.1, 0.15) is 1.37 Å². The number of rotatable bonds is 0. The molecule has 0 saturated carbocycles. The standard InChI is InChI=1S/C9H8N2O/c1-11-6-10-8-5-3-2-4-7(8)9(11)12/h2-6H,1H3/i2D. The average Bonchev–Trinajstić information content (AvgIpc) is 2.12. The third kappa shape index (κ3) is 0.906. The van der Waals surface area contributed by atoms with Crippen molar-refractivity contribution in [2.45, 2.75) is 0 Å². The molecule has 3 heteroatoms. The van der Waals surface area contributed by atoms with Crippen molar-refractivity contribution >= 4 is 10.9 Å². The first kappa shape index (κ1) is 5.94. The Kier molecular flexibility index (Phi) is 1.21. The number of aromatic nitrogens is 2. The SMILES string of the molecule is [2H]c1ccc2ncn(C)c(=O)c2c1. The lowest BCUT2D eigenvalue weighted by Crippen LogP contribution is -2.16. The summed E-state index contributed by atoms with van der Waals surface area (Å²) < 4.78 is 8.77. The number of nitrogens with zero attached hydrogens (tertiary/aromatic N) is 2. The van der Waals surface area contributed by atoms with Crippen LogP contribution in [-0.4, -0.2) is 9.55 Å². The first-order chi connectivity index (χ1) is 6.18. The van der Waals surface area contributed by atoms with Crippen molar-refractivity contribution in [1.29, 1.82) is 0 Å². The van der Waals surface area contributed by atoms with Gasteiger partial charge >= 0.3 is 0 Å². The van der Waals surface area contributed by atoms with Crippen molar-refractivity contribution in [2.24, 2.45) is 7.05 Å². The van der Waals surface area contributed by atoms with Crippen LogP contribution >= 0.6 is 0 Å². The highest BCUT2D eigenvalue weighted by atomic mass is 16.1. The van der Waals surface area contributed by atoms with Gasteiger partial charge < -0.3 is 4.57 Å². The minimum Gasteiger partial charge on any atom is -0.302 e. The fourth-order valence-corrected chi connectivity index (χ4v) is 1.10. The summed E-state index contributed by atoms with van der Waals surface area (Å²) in [5, 5.41) is 0.498. The largest absolute Gasteiger partial charge is 0.302 e. The van der Waals surface area contributed by atoms with Gasteiger partial charge in [-0.15, -0.1) is 0 Å². The van der Waals surface area contributed by atoms with Crippen LogP contribution in [0.4, 0.5) is 0 Å². The summed E-state index contributed by atoms with van der Waals surface area (Å²) in [5.41, 5.74) is 0.526. The summed E-state index contributed by atoms with van der Waals surface area (Å²) in [4.78, 5) is 15.6. The summed E-state index contributed by atoms with van der Waals surface area (Å²) in [6.45, 7) is 0. The second-order valence-corrected chi connectivity index (χ2v) is 2.60. The smallest absolute Gasteiger partial charge is 0.260 e. The normalized spacial score (nSPS) is 11.6. The summed E-state index contributed by atoms with van der Waals surface area (Å²) in [6.07, 6.45) is 1.48. The summed E-state index contributed by atoms with van der Waals surface area (Å²) in [7, 11) is 1.64. The molecule has 1 aromatic heterocycles. The van der Waals surface area contributed by atoms with Gasteiger partial charge in [0.25, 0.3) is 5.56 Å². The molecule has 0 N–H and O–H groups in total. The zero-order valence-corrected chi connectivity index (χ0v) is 6.61. The van der Waals surface area contributed by atoms with E-state index >= 15 is 0 Å². The Morgan fingerprint density at radius 1 is 1.58 bits per heavy atom. The van der Waals surface area contributed by atoms with Crippen molar-refractivity contribution in [2.75, 3.05) is 0 Å². The number of para-hydroxylation sites is 1. The molecule has 0 bridgehead atoms. The molecule has 60 valence electrons. The van der Waals surface area contributed by atoms with Crippen LogP contribution in [0, 0.1) is 0 Å². The topological polar surface area (TPSA) is 34.9 Å². The third-order valence-corrected chi connectivity index (χ3v) is 1.76. The molecule has 0 aliphatic carbocycles. The molecule has 0 radical (unpaired) electrons. The van der Waals surface area contributed by atoms with Crippen LogP contribution in [-0.2, 0) is 7.05 Å². The number of benzene rings is 1. The minimum absolute atomic E-state index is 0.112. The monoisotopic (exact) mass is 161 g/mol. The minimum atomic E-state index is -0.112. The van der Waals surface area contributed by atoms with Crippen molar-refractivity contribution < 1.29 is 1.37 Å². The molecule has 0 aliphatic rings. The van der Waals surface area contributed by atoms with E-state index in [1.165, 1.54) is 17.0 Å². The van der Waals surface area contributed by atoms with Crippen LogP contribution in [0.15, 0.2) is 35.4 Å². The Morgan fingerprint density at radius 3 is 3.25 bits per heavy atom. The Balaban J connectivity index is 2.97. The highest BCUT2D eigenvalue weighted by Gasteiger charge is 1.97. The van der Waals surface area contributed by atoms with E-state index in [1.807, 2.05) is 0 Å². The molecule has 0 fully saturated rings. The third-order valence-electron chi connectivity index (χ3n) is 1.76. The van der Waals surface area contributed by atoms with Crippen LogP contribution in [0.3, 0.4) is 0 Å². The molecule has 3 nitrogen and oxygen atoms in total. The van der Waals surface area contributed by atoms with Crippen LogP contribution in [0.2, 0.25) is 0 Å². The van der Waals surface area contributed by atoms with Crippen molar-refractivity contribution in [1.82, 2.24) is 9.55 Å². The van der Waals surface area contributed by atoms with Gasteiger partial charge in [0.1, 0.15) is 0 Å². The van der Waals surface area contributed by atoms with E-state index in [0.717, 1.165) is 0 Å². The van der Waals surface area contributed by atoms with Crippen LogP contribution in [0.5, 0.6) is 0 Å². The maximum absolute atomic E-state index is 11.5. The van der Waals surface area contributed by atoms with Gasteiger partial charge in [0.15, 0.2) is 0 Å². The van der Waals surface area contributed by atoms with Gasteiger partial charge in [-0.3, -0.25) is 4.79 Å². The second-order valence-electron chi connectivity index (χ2n) is 2.60. The van der Waals surface area contributed by atoms with E-state index in [2.05, 4.69) is 4.98 Å². The predicted octanol–water partition coefficient (Wildman–Crippen LogP) is 0.933. The van der Waals surface area contributed by atoms with E-state index < -0.39 is 0 Å². The quantitative estimate of drug-likeness (QED) is 0.576. The first-order valence-corrected chi connectivity index (χ1v) is 3.60. The van der Waals surface area contributed by atoms with E-state index in [9.17, 15) is 4.79 Å². The van der Waals surface area contributed by atoms with Gasteiger partial charge in [0, 0.05) is 7.05 Å². The molecular formula is C9H8N2O. The molecule has 0 spiro atoms. The zero-order chi connectivity index (χ0) is 9.42. The number of aryl methyl sites for hydroxylation is 1. The fourth-order valence-electron chi connectivity index (χ4n) is 1.10. The van der Waals surface area contributed by atoms with Gasteiger partial charge in [-0.05, 0) is 12.1 Å². The Labute approximate surface area is 70.7 Å². The van der Waals surface area contributed by atoms with Gasteiger partial charge in [-0.2, -0.15) is 0 Å². The summed E-state index contributed by atoms with van der Waals surface area (Å²) in [5.74, 6) is 0. The average molecular weight is 161 g/mol. The lowest BCUT2D eigenvalue weighted by Gasteiger charge is -1.97. The Bertz CT molecular complexity index is 513. The summed E-state index contributed by atoms with van der Waals surface area (Å²) in [6, 6.07) is 5.16. The van der Waals surface area contributed by atoms with Gasteiger partial charge in [-0.25, -0.2) is 4.98 Å². The van der Waals surface area contributed by atoms with Crippen molar-refractivity contribution in [3.8, 4) is 0 Å². The molecule has 0 aliphatic heterocycles. The van der Waals surface area contributed by atoms with Gasteiger partial charge in [0.2, 0.25) is 0 Å². The van der Waals surface area contributed by atoms with E-state index in [0.29, 0.717) is 16.9 Å². The molecule has 0 atom stereocenters. The highest BCUT2D eigenvalue weighted by molar-refractivity contribution is 5.76. The van der Waals surface area contributed by atoms with Crippen molar-refractivity contribution in [3.05, 3.63) is 40.9 Å². The molecular weight excluding hydrogens is 152 g/mol. The molecule has 0 unspecified atom stereocenters. The fraction of sp³-hybridized carbons (Fsp3) is 0.111. The zero-order valence-electron chi connectivity index (χ0n) is 7.61.